The average Bonchev–Trinajstić information content (AvgIpc) is 3.00. The van der Waals surface area contributed by atoms with Crippen LogP contribution < -0.4 is 5.32 Å². The number of thioether (sulfide) groups is 1. The first-order chi connectivity index (χ1) is 14.7. The van der Waals surface area contributed by atoms with Crippen LogP contribution in [0.5, 0.6) is 0 Å². The van der Waals surface area contributed by atoms with Crippen LogP contribution in [0, 0.1) is 6.92 Å². The van der Waals surface area contributed by atoms with Crippen LogP contribution in [0.1, 0.15) is 43.1 Å². The number of hydrogen-bond donors (Lipinski definition) is 1. The van der Waals surface area contributed by atoms with Gasteiger partial charge in [-0.2, -0.15) is 0 Å². The number of hydrogen-bond acceptors (Lipinski definition) is 5. The maximum Gasteiger partial charge on any atom is 0.242 e. The van der Waals surface area contributed by atoms with Gasteiger partial charge in [0.15, 0.2) is 11.0 Å². The topological polar surface area (TPSA) is 78.8 Å². The van der Waals surface area contributed by atoms with E-state index in [1.165, 1.54) is 18.7 Å². The van der Waals surface area contributed by atoms with E-state index in [9.17, 15) is 14.4 Å². The zero-order valence-electron chi connectivity index (χ0n) is 17.8. The van der Waals surface area contributed by atoms with E-state index in [2.05, 4.69) is 10.3 Å². The number of carbonyl (C=O) groups excluding carboxylic acids is 3. The summed E-state index contributed by atoms with van der Waals surface area (Å²) < 4.78 is 0. The second-order valence-corrected chi connectivity index (χ2v) is 9.20. The molecule has 0 bridgehead atoms. The van der Waals surface area contributed by atoms with Crippen LogP contribution in [0.15, 0.2) is 47.5 Å². The lowest BCUT2D eigenvalue weighted by atomic mass is 10.1. The van der Waals surface area contributed by atoms with Gasteiger partial charge in [0.05, 0.1) is 5.69 Å². The normalized spacial score (nSPS) is 17.5. The fraction of sp³-hybridized carbons (Fsp3) is 0.304. The highest BCUT2D eigenvalue weighted by Gasteiger charge is 2.40. The highest BCUT2D eigenvalue weighted by molar-refractivity contribution is 8.15. The minimum atomic E-state index is -0.557. The van der Waals surface area contributed by atoms with E-state index in [1.807, 2.05) is 32.9 Å². The molecule has 0 spiro atoms. The van der Waals surface area contributed by atoms with Crippen molar-refractivity contribution in [2.45, 2.75) is 45.4 Å². The van der Waals surface area contributed by atoms with Crippen molar-refractivity contribution < 1.29 is 14.4 Å². The molecule has 1 aliphatic heterocycles. The number of benzene rings is 2. The number of rotatable bonds is 6. The second kappa shape index (κ2) is 9.66. The SMILES string of the molecule is CC(=O)c1ccc(NC(=O)C[C@@H]2SC(=Nc3ccc(C)c(Cl)c3)N(C(C)C)C2=O)cc1. The lowest BCUT2D eigenvalue weighted by Gasteiger charge is -2.20. The number of nitrogens with one attached hydrogen (secondary N) is 1. The first-order valence-corrected chi connectivity index (χ1v) is 11.2. The molecule has 1 atom stereocenters. The molecule has 2 aromatic carbocycles. The van der Waals surface area contributed by atoms with Gasteiger partial charge in [-0.25, -0.2) is 4.99 Å². The van der Waals surface area contributed by atoms with Crippen LogP contribution in [0.3, 0.4) is 0 Å². The van der Waals surface area contributed by atoms with Gasteiger partial charge in [-0.15, -0.1) is 0 Å². The number of aryl methyl sites for hydroxylation is 1. The molecule has 3 rings (SSSR count). The van der Waals surface area contributed by atoms with Crippen LogP contribution in [0.4, 0.5) is 11.4 Å². The molecule has 0 radical (unpaired) electrons. The lowest BCUT2D eigenvalue weighted by molar-refractivity contribution is -0.129. The van der Waals surface area contributed by atoms with E-state index in [1.54, 1.807) is 35.2 Å². The van der Waals surface area contributed by atoms with Gasteiger partial charge in [-0.05, 0) is 69.7 Å². The summed E-state index contributed by atoms with van der Waals surface area (Å²) in [4.78, 5) is 43.1. The number of amides is 2. The summed E-state index contributed by atoms with van der Waals surface area (Å²) in [5.41, 5.74) is 2.76. The molecule has 1 heterocycles. The van der Waals surface area contributed by atoms with Gasteiger partial charge < -0.3 is 5.32 Å². The van der Waals surface area contributed by atoms with Crippen molar-refractivity contribution in [2.75, 3.05) is 5.32 Å². The Hall–Kier alpha value is -2.64. The van der Waals surface area contributed by atoms with Crippen molar-refractivity contribution in [1.82, 2.24) is 4.90 Å². The zero-order valence-corrected chi connectivity index (χ0v) is 19.4. The molecule has 2 aromatic rings. The maximum atomic E-state index is 13.0. The number of Topliss-reactive ketones (excluding diaryl/α,β-unsaturated/α-hetero) is 1. The van der Waals surface area contributed by atoms with E-state index >= 15 is 0 Å². The number of aliphatic imine (C=N–C) groups is 1. The predicted octanol–water partition coefficient (Wildman–Crippen LogP) is 5.22. The summed E-state index contributed by atoms with van der Waals surface area (Å²) in [7, 11) is 0. The molecular formula is C23H24ClN3O3S. The molecule has 8 heteroatoms. The number of anilines is 1. The third-order valence-electron chi connectivity index (χ3n) is 4.81. The van der Waals surface area contributed by atoms with Gasteiger partial charge in [0.2, 0.25) is 11.8 Å². The summed E-state index contributed by atoms with van der Waals surface area (Å²) in [6, 6.07) is 12.1. The first-order valence-electron chi connectivity index (χ1n) is 9.91. The number of nitrogens with zero attached hydrogens (tertiary/aromatic N) is 2. The fourth-order valence-corrected chi connectivity index (χ4v) is 4.55. The van der Waals surface area contributed by atoms with E-state index < -0.39 is 5.25 Å². The molecule has 1 N–H and O–H groups in total. The largest absolute Gasteiger partial charge is 0.326 e. The van der Waals surface area contributed by atoms with Crippen LogP contribution in [0.25, 0.3) is 0 Å². The van der Waals surface area contributed by atoms with E-state index in [0.29, 0.717) is 27.1 Å². The molecular weight excluding hydrogens is 434 g/mol. The van der Waals surface area contributed by atoms with Crippen molar-refractivity contribution in [1.29, 1.82) is 0 Å². The van der Waals surface area contributed by atoms with Gasteiger partial charge in [0.1, 0.15) is 5.25 Å². The quantitative estimate of drug-likeness (QED) is 0.603. The molecule has 2 amide bonds. The lowest BCUT2D eigenvalue weighted by Crippen LogP contribution is -2.38. The fourth-order valence-electron chi connectivity index (χ4n) is 3.10. The predicted molar refractivity (Wildman–Crippen MR) is 126 cm³/mol. The number of ketones is 1. The first kappa shape index (κ1) is 23.0. The van der Waals surface area contributed by atoms with Gasteiger partial charge in [0, 0.05) is 28.7 Å². The Kier molecular flexibility index (Phi) is 7.18. The third-order valence-corrected chi connectivity index (χ3v) is 6.37. The smallest absolute Gasteiger partial charge is 0.242 e. The average molecular weight is 458 g/mol. The van der Waals surface area contributed by atoms with Gasteiger partial charge in [-0.1, -0.05) is 29.4 Å². The minimum absolute atomic E-state index is 0.0227. The Morgan fingerprint density at radius 2 is 1.87 bits per heavy atom. The molecule has 0 unspecified atom stereocenters. The Labute approximate surface area is 191 Å². The Morgan fingerprint density at radius 1 is 1.19 bits per heavy atom. The van der Waals surface area contributed by atoms with Gasteiger partial charge in [0.25, 0.3) is 0 Å². The van der Waals surface area contributed by atoms with Crippen LogP contribution in [-0.2, 0) is 9.59 Å². The molecule has 31 heavy (non-hydrogen) atoms. The Balaban J connectivity index is 1.73. The summed E-state index contributed by atoms with van der Waals surface area (Å²) >= 11 is 7.48. The molecule has 0 aromatic heterocycles. The minimum Gasteiger partial charge on any atom is -0.326 e. The molecule has 0 aliphatic carbocycles. The van der Waals surface area contributed by atoms with Crippen molar-refractivity contribution in [3.8, 4) is 0 Å². The molecule has 0 saturated carbocycles. The summed E-state index contributed by atoms with van der Waals surface area (Å²) in [5, 5.41) is 3.40. The molecule has 1 aliphatic rings. The van der Waals surface area contributed by atoms with Crippen LogP contribution in [-0.4, -0.2) is 39.0 Å². The molecule has 1 fully saturated rings. The van der Waals surface area contributed by atoms with Crippen LogP contribution in [0.2, 0.25) is 5.02 Å². The van der Waals surface area contributed by atoms with E-state index in [0.717, 1.165) is 5.56 Å². The second-order valence-electron chi connectivity index (χ2n) is 7.62. The number of amidine groups is 1. The number of carbonyl (C=O) groups is 3. The van der Waals surface area contributed by atoms with Crippen LogP contribution >= 0.6 is 23.4 Å². The van der Waals surface area contributed by atoms with Crippen molar-refractivity contribution in [3.63, 3.8) is 0 Å². The standard InChI is InChI=1S/C23H24ClN3O3S/c1-13(2)27-22(30)20(31-23(27)26-18-8-5-14(3)19(24)11-18)12-21(29)25-17-9-6-16(7-10-17)15(4)28/h5-11,13,20H,12H2,1-4H3,(H,25,29)/t20-/m0/s1. The van der Waals surface area contributed by atoms with Crippen molar-refractivity contribution >= 4 is 57.5 Å². The zero-order chi connectivity index (χ0) is 22.7. The van der Waals surface area contributed by atoms with Gasteiger partial charge >= 0.3 is 0 Å². The molecule has 6 nitrogen and oxygen atoms in total. The summed E-state index contributed by atoms with van der Waals surface area (Å²) in [6.45, 7) is 7.22. The molecule has 162 valence electrons. The Morgan fingerprint density at radius 3 is 2.45 bits per heavy atom. The third kappa shape index (κ3) is 5.54. The maximum absolute atomic E-state index is 13.0. The van der Waals surface area contributed by atoms with E-state index in [4.69, 9.17) is 11.6 Å². The van der Waals surface area contributed by atoms with E-state index in [-0.39, 0.29) is 30.1 Å². The summed E-state index contributed by atoms with van der Waals surface area (Å²) in [6.07, 6.45) is 0.0227. The highest BCUT2D eigenvalue weighted by atomic mass is 35.5. The molecule has 1 saturated heterocycles. The monoisotopic (exact) mass is 457 g/mol. The highest BCUT2D eigenvalue weighted by Crippen LogP contribution is 2.34. The summed E-state index contributed by atoms with van der Waals surface area (Å²) in [5.74, 6) is -0.454. The number of halogens is 1. The Bertz CT molecular complexity index is 1050. The van der Waals surface area contributed by atoms with Gasteiger partial charge in [-0.3, -0.25) is 19.3 Å². The van der Waals surface area contributed by atoms with Crippen molar-refractivity contribution in [2.24, 2.45) is 4.99 Å². The van der Waals surface area contributed by atoms with Crippen molar-refractivity contribution in [3.05, 3.63) is 58.6 Å².